The molecule has 0 N–H and O–H groups in total. The molecule has 0 saturated carbocycles. The Kier molecular flexibility index (Phi) is 2.64. The highest BCUT2D eigenvalue weighted by atomic mass is 14.1. The smallest absolute Gasteiger partial charge is 0.0199 e. The number of fused-ring (bicyclic) bond motifs is 2. The third-order valence-electron chi connectivity index (χ3n) is 2.11. The first-order valence-corrected chi connectivity index (χ1v) is 4.66. The predicted octanol–water partition coefficient (Wildman–Crippen LogP) is 3.50. The Balaban J connectivity index is 0.000000107. The van der Waals surface area contributed by atoms with Crippen LogP contribution in [0.1, 0.15) is 5.56 Å². The van der Waals surface area contributed by atoms with Crippen LogP contribution >= 0.6 is 0 Å². The van der Waals surface area contributed by atoms with Crippen molar-refractivity contribution >= 4 is 0 Å². The van der Waals surface area contributed by atoms with Gasteiger partial charge in [-0.3, -0.25) is 0 Å². The summed E-state index contributed by atoms with van der Waals surface area (Å²) in [7, 11) is 0. The van der Waals surface area contributed by atoms with Crippen LogP contribution in [0.5, 0.6) is 0 Å². The van der Waals surface area contributed by atoms with Gasteiger partial charge in [0, 0.05) is 6.42 Å². The summed E-state index contributed by atoms with van der Waals surface area (Å²) >= 11 is 0. The first kappa shape index (κ1) is 9.01. The molecule has 2 aliphatic rings. The monoisotopic (exact) mass is 180 g/mol. The standard InChI is InChI=1S/C7H5.C7H7/c1-2-7-4-3-6(1)5-7;1-7-5-3-2-4-6-7/h1-5H;2-6H,1H2. The van der Waals surface area contributed by atoms with E-state index in [4.69, 9.17) is 0 Å². The highest BCUT2D eigenvalue weighted by Crippen LogP contribution is 2.26. The summed E-state index contributed by atoms with van der Waals surface area (Å²) in [6.07, 6.45) is 10.6. The molecular formula is C14H12. The average molecular weight is 180 g/mol. The van der Waals surface area contributed by atoms with Crippen molar-refractivity contribution in [2.75, 3.05) is 0 Å². The van der Waals surface area contributed by atoms with Crippen molar-refractivity contribution < 1.29 is 0 Å². The fourth-order valence-corrected chi connectivity index (χ4v) is 1.36. The van der Waals surface area contributed by atoms with Gasteiger partial charge in [-0.15, -0.1) is 0 Å². The summed E-state index contributed by atoms with van der Waals surface area (Å²) in [5, 5.41) is 0. The molecule has 0 unspecified atom stereocenters. The Morgan fingerprint density at radius 3 is 1.57 bits per heavy atom. The number of hydrogen-bond acceptors (Lipinski definition) is 0. The van der Waals surface area contributed by atoms with E-state index in [0.717, 1.165) is 5.56 Å². The van der Waals surface area contributed by atoms with Crippen LogP contribution in [0.15, 0.2) is 65.8 Å². The van der Waals surface area contributed by atoms with Gasteiger partial charge in [-0.2, -0.15) is 0 Å². The predicted molar refractivity (Wildman–Crippen MR) is 60.5 cm³/mol. The van der Waals surface area contributed by atoms with Gasteiger partial charge in [0.05, 0.1) is 0 Å². The minimum absolute atomic E-state index is 1.07. The van der Waals surface area contributed by atoms with E-state index < -0.39 is 0 Å². The summed E-state index contributed by atoms with van der Waals surface area (Å²) in [6.45, 7) is 3.72. The van der Waals surface area contributed by atoms with Crippen LogP contribution in [0.3, 0.4) is 0 Å². The Bertz CT molecular complexity index is 371. The van der Waals surface area contributed by atoms with Crippen LogP contribution in [-0.4, -0.2) is 0 Å². The molecule has 14 heavy (non-hydrogen) atoms. The molecule has 0 spiro atoms. The van der Waals surface area contributed by atoms with Gasteiger partial charge in [-0.25, -0.2) is 0 Å². The maximum absolute atomic E-state index is 3.72. The molecule has 0 nitrogen and oxygen atoms in total. The quantitative estimate of drug-likeness (QED) is 0.573. The van der Waals surface area contributed by atoms with Crippen LogP contribution in [0.25, 0.3) is 0 Å². The lowest BCUT2D eigenvalue weighted by Gasteiger charge is -1.82. The Morgan fingerprint density at radius 1 is 0.786 bits per heavy atom. The van der Waals surface area contributed by atoms with E-state index in [0.29, 0.717) is 0 Å². The van der Waals surface area contributed by atoms with Crippen LogP contribution in [-0.2, 0) is 0 Å². The highest BCUT2D eigenvalue weighted by molar-refractivity contribution is 5.58. The SMILES string of the molecule is [CH2]c1ccccc1.[CH]1C2=CC=C1C=C2. The molecule has 2 radical (unpaired) electrons. The second-order valence-electron chi connectivity index (χ2n) is 3.30. The Labute approximate surface area is 85.3 Å². The van der Waals surface area contributed by atoms with E-state index >= 15 is 0 Å². The number of benzene rings is 1. The van der Waals surface area contributed by atoms with E-state index in [2.05, 4.69) is 37.6 Å². The van der Waals surface area contributed by atoms with Gasteiger partial charge in [0.15, 0.2) is 0 Å². The van der Waals surface area contributed by atoms with Crippen LogP contribution in [0.4, 0.5) is 0 Å². The van der Waals surface area contributed by atoms with E-state index in [1.807, 2.05) is 30.3 Å². The van der Waals surface area contributed by atoms with Gasteiger partial charge in [0.1, 0.15) is 0 Å². The van der Waals surface area contributed by atoms with E-state index in [-0.39, 0.29) is 0 Å². The van der Waals surface area contributed by atoms with Crippen molar-refractivity contribution in [3.63, 3.8) is 0 Å². The van der Waals surface area contributed by atoms with Gasteiger partial charge in [-0.05, 0) is 23.6 Å². The van der Waals surface area contributed by atoms with Crippen molar-refractivity contribution in [3.05, 3.63) is 84.7 Å². The lowest BCUT2D eigenvalue weighted by atomic mass is 10.2. The average Bonchev–Trinajstić information content (AvgIpc) is 2.83. The van der Waals surface area contributed by atoms with Crippen LogP contribution in [0.2, 0.25) is 0 Å². The van der Waals surface area contributed by atoms with Crippen molar-refractivity contribution in [1.29, 1.82) is 0 Å². The third kappa shape index (κ3) is 2.23. The zero-order chi connectivity index (χ0) is 9.80. The molecule has 1 aromatic rings. The molecule has 0 heteroatoms. The van der Waals surface area contributed by atoms with Crippen molar-refractivity contribution in [2.45, 2.75) is 0 Å². The molecule has 2 aliphatic carbocycles. The van der Waals surface area contributed by atoms with Crippen LogP contribution in [0, 0.1) is 13.3 Å². The van der Waals surface area contributed by atoms with Gasteiger partial charge in [0.25, 0.3) is 0 Å². The first-order chi connectivity index (χ1) is 6.84. The second kappa shape index (κ2) is 4.10. The minimum atomic E-state index is 1.07. The zero-order valence-corrected chi connectivity index (χ0v) is 7.98. The van der Waals surface area contributed by atoms with Crippen molar-refractivity contribution in [2.24, 2.45) is 0 Å². The summed E-state index contributed by atoms with van der Waals surface area (Å²) in [5.74, 6) is 0. The third-order valence-corrected chi connectivity index (χ3v) is 2.11. The van der Waals surface area contributed by atoms with Gasteiger partial charge in [0.2, 0.25) is 0 Å². The molecule has 2 bridgehead atoms. The molecule has 0 saturated heterocycles. The summed E-state index contributed by atoms with van der Waals surface area (Å²) in [6, 6.07) is 9.87. The normalized spacial score (nSPS) is 15.8. The summed E-state index contributed by atoms with van der Waals surface area (Å²) < 4.78 is 0. The molecule has 0 amide bonds. The molecule has 1 aromatic carbocycles. The zero-order valence-electron chi connectivity index (χ0n) is 7.98. The Morgan fingerprint density at radius 2 is 1.36 bits per heavy atom. The van der Waals surface area contributed by atoms with Gasteiger partial charge in [-0.1, -0.05) is 54.6 Å². The molecule has 0 aromatic heterocycles. The highest BCUT2D eigenvalue weighted by Gasteiger charge is 2.08. The molecule has 0 fully saturated rings. The summed E-state index contributed by atoms with van der Waals surface area (Å²) in [4.78, 5) is 0. The molecule has 68 valence electrons. The molecular weight excluding hydrogens is 168 g/mol. The maximum Gasteiger partial charge on any atom is 0.0199 e. The van der Waals surface area contributed by atoms with E-state index in [9.17, 15) is 0 Å². The van der Waals surface area contributed by atoms with Gasteiger partial charge < -0.3 is 0 Å². The van der Waals surface area contributed by atoms with Gasteiger partial charge >= 0.3 is 0 Å². The molecule has 0 heterocycles. The second-order valence-corrected chi connectivity index (χ2v) is 3.30. The summed E-state index contributed by atoms with van der Waals surface area (Å²) in [5.41, 5.74) is 3.76. The lowest BCUT2D eigenvalue weighted by molar-refractivity contribution is 1.62. The van der Waals surface area contributed by atoms with Crippen molar-refractivity contribution in [1.82, 2.24) is 0 Å². The topological polar surface area (TPSA) is 0 Å². The largest absolute Gasteiger partial charge is 0.0622 e. The number of rotatable bonds is 0. The molecule has 0 atom stereocenters. The minimum Gasteiger partial charge on any atom is -0.0622 e. The van der Waals surface area contributed by atoms with Crippen molar-refractivity contribution in [3.8, 4) is 0 Å². The van der Waals surface area contributed by atoms with E-state index in [1.54, 1.807) is 0 Å². The fraction of sp³-hybridized carbons (Fsp3) is 0. The fourth-order valence-electron chi connectivity index (χ4n) is 1.36. The first-order valence-electron chi connectivity index (χ1n) is 4.66. The number of hydrogen-bond donors (Lipinski definition) is 0. The maximum atomic E-state index is 3.72. The Hall–Kier alpha value is -1.56. The lowest BCUT2D eigenvalue weighted by Crippen LogP contribution is -1.62. The van der Waals surface area contributed by atoms with E-state index in [1.165, 1.54) is 11.1 Å². The number of allylic oxidation sites excluding steroid dienone is 6. The van der Waals surface area contributed by atoms with Crippen LogP contribution < -0.4 is 0 Å². The molecule has 3 rings (SSSR count). The molecule has 0 aliphatic heterocycles.